The van der Waals surface area contributed by atoms with E-state index in [1.165, 1.54) is 0 Å². The first-order valence-electron chi connectivity index (χ1n) is 4.52. The van der Waals surface area contributed by atoms with E-state index in [4.69, 9.17) is 5.73 Å². The Labute approximate surface area is 112 Å². The highest BCUT2D eigenvalue weighted by Gasteiger charge is 2.15. The Bertz CT molecular complexity index is 619. The first-order valence-corrected chi connectivity index (χ1v) is 6.13. The number of nitrogens with two attached hydrogens (primary N) is 1. The van der Waals surface area contributed by atoms with Gasteiger partial charge in [0.1, 0.15) is 11.6 Å². The molecule has 1 heterocycles. The second-order valence-corrected chi connectivity index (χ2v) is 5.01. The number of hydrogen-bond donors (Lipinski definition) is 2. The van der Waals surface area contributed by atoms with Crippen LogP contribution in [0.4, 0.5) is 19.6 Å². The molecule has 3 N–H and O–H groups in total. The first kappa shape index (κ1) is 12.8. The van der Waals surface area contributed by atoms with Gasteiger partial charge >= 0.3 is 0 Å². The van der Waals surface area contributed by atoms with Crippen molar-refractivity contribution in [1.82, 2.24) is 10.2 Å². The molecule has 0 aliphatic rings. The van der Waals surface area contributed by atoms with Gasteiger partial charge in [-0.2, -0.15) is 0 Å². The third kappa shape index (κ3) is 2.62. The molecule has 0 fully saturated rings. The van der Waals surface area contributed by atoms with Gasteiger partial charge in [-0.25, -0.2) is 8.78 Å². The molecule has 1 amide bonds. The topological polar surface area (TPSA) is 80.9 Å². The Morgan fingerprint density at radius 2 is 2.06 bits per heavy atom. The lowest BCUT2D eigenvalue weighted by Gasteiger charge is -2.05. The molecule has 0 saturated heterocycles. The standard InChI is InChI=1S/C9H5BrF2N4OS/c10-3-1-6(5(12)2-4(3)11)14-7(17)8-15-16-9(13)18-8/h1-2H,(H2,13,16)(H,14,17). The van der Waals surface area contributed by atoms with Crippen molar-refractivity contribution in [3.8, 4) is 0 Å². The van der Waals surface area contributed by atoms with E-state index >= 15 is 0 Å². The average molecular weight is 335 g/mol. The number of aromatic nitrogens is 2. The number of carbonyl (C=O) groups is 1. The van der Waals surface area contributed by atoms with Crippen LogP contribution in [0.1, 0.15) is 9.80 Å². The molecule has 5 nitrogen and oxygen atoms in total. The summed E-state index contributed by atoms with van der Waals surface area (Å²) in [6.07, 6.45) is 0. The molecule has 94 valence electrons. The van der Waals surface area contributed by atoms with Gasteiger partial charge in [0.2, 0.25) is 10.1 Å². The molecule has 1 aromatic carbocycles. The minimum absolute atomic E-state index is 0.00709. The highest BCUT2D eigenvalue weighted by Crippen LogP contribution is 2.24. The van der Waals surface area contributed by atoms with E-state index in [1.807, 2.05) is 0 Å². The van der Waals surface area contributed by atoms with Gasteiger partial charge < -0.3 is 11.1 Å². The van der Waals surface area contributed by atoms with Gasteiger partial charge in [-0.05, 0) is 22.0 Å². The molecule has 18 heavy (non-hydrogen) atoms. The number of rotatable bonds is 2. The molecule has 2 rings (SSSR count). The highest BCUT2D eigenvalue weighted by molar-refractivity contribution is 9.10. The number of halogens is 3. The first-order chi connectivity index (χ1) is 8.47. The normalized spacial score (nSPS) is 10.4. The van der Waals surface area contributed by atoms with Gasteiger partial charge in [-0.15, -0.1) is 10.2 Å². The maximum absolute atomic E-state index is 13.4. The second kappa shape index (κ2) is 4.94. The van der Waals surface area contributed by atoms with E-state index in [2.05, 4.69) is 31.4 Å². The van der Waals surface area contributed by atoms with Crippen molar-refractivity contribution in [2.24, 2.45) is 0 Å². The zero-order valence-electron chi connectivity index (χ0n) is 8.58. The zero-order chi connectivity index (χ0) is 13.3. The van der Waals surface area contributed by atoms with Crippen LogP contribution in [-0.4, -0.2) is 16.1 Å². The molecule has 2 aromatic rings. The van der Waals surface area contributed by atoms with E-state index in [-0.39, 0.29) is 20.3 Å². The van der Waals surface area contributed by atoms with Crippen molar-refractivity contribution >= 4 is 44.0 Å². The van der Waals surface area contributed by atoms with Crippen LogP contribution in [-0.2, 0) is 0 Å². The van der Waals surface area contributed by atoms with Gasteiger partial charge in [0, 0.05) is 6.07 Å². The second-order valence-electron chi connectivity index (χ2n) is 3.15. The van der Waals surface area contributed by atoms with Gasteiger partial charge in [-0.3, -0.25) is 4.79 Å². The third-order valence-corrected chi connectivity index (χ3v) is 3.25. The van der Waals surface area contributed by atoms with Gasteiger partial charge in [-0.1, -0.05) is 11.3 Å². The number of benzene rings is 1. The molecule has 0 saturated carbocycles. The molecule has 0 bridgehead atoms. The number of amides is 1. The lowest BCUT2D eigenvalue weighted by molar-refractivity contribution is 0.102. The summed E-state index contributed by atoms with van der Waals surface area (Å²) in [5, 5.41) is 9.33. The average Bonchev–Trinajstić information content (AvgIpc) is 2.73. The van der Waals surface area contributed by atoms with Crippen LogP contribution in [0.2, 0.25) is 0 Å². The van der Waals surface area contributed by atoms with Gasteiger partial charge in [0.15, 0.2) is 0 Å². The Morgan fingerprint density at radius 1 is 1.33 bits per heavy atom. The van der Waals surface area contributed by atoms with Crippen molar-refractivity contribution < 1.29 is 13.6 Å². The van der Waals surface area contributed by atoms with Crippen molar-refractivity contribution in [3.05, 3.63) is 33.2 Å². The van der Waals surface area contributed by atoms with Crippen LogP contribution in [0.25, 0.3) is 0 Å². The number of nitrogens with zero attached hydrogens (tertiary/aromatic N) is 2. The van der Waals surface area contributed by atoms with E-state index in [1.54, 1.807) is 0 Å². The van der Waals surface area contributed by atoms with Crippen molar-refractivity contribution in [2.75, 3.05) is 11.1 Å². The lowest BCUT2D eigenvalue weighted by Crippen LogP contribution is -2.13. The fraction of sp³-hybridized carbons (Fsp3) is 0. The summed E-state index contributed by atoms with van der Waals surface area (Å²) in [5.41, 5.74) is 5.15. The Balaban J connectivity index is 2.24. The van der Waals surface area contributed by atoms with Crippen LogP contribution in [0.5, 0.6) is 0 Å². The van der Waals surface area contributed by atoms with Crippen LogP contribution >= 0.6 is 27.3 Å². The molecule has 0 atom stereocenters. The zero-order valence-corrected chi connectivity index (χ0v) is 11.0. The predicted octanol–water partition coefficient (Wildman–Crippen LogP) is 2.41. The molecule has 0 aliphatic heterocycles. The lowest BCUT2D eigenvalue weighted by atomic mass is 10.3. The summed E-state index contributed by atoms with van der Waals surface area (Å²) in [6.45, 7) is 0. The predicted molar refractivity (Wildman–Crippen MR) is 66.3 cm³/mol. The Morgan fingerprint density at radius 3 is 2.67 bits per heavy atom. The number of anilines is 2. The number of carbonyl (C=O) groups excluding carboxylic acids is 1. The minimum Gasteiger partial charge on any atom is -0.374 e. The van der Waals surface area contributed by atoms with Crippen LogP contribution < -0.4 is 11.1 Å². The van der Waals surface area contributed by atoms with Crippen LogP contribution in [0.15, 0.2) is 16.6 Å². The van der Waals surface area contributed by atoms with Gasteiger partial charge in [0.05, 0.1) is 10.2 Å². The molecule has 0 aliphatic carbocycles. The monoisotopic (exact) mass is 334 g/mol. The highest BCUT2D eigenvalue weighted by atomic mass is 79.9. The van der Waals surface area contributed by atoms with Crippen LogP contribution in [0, 0.1) is 11.6 Å². The number of nitrogen functional groups attached to an aromatic ring is 1. The smallest absolute Gasteiger partial charge is 0.286 e. The van der Waals surface area contributed by atoms with E-state index in [9.17, 15) is 13.6 Å². The summed E-state index contributed by atoms with van der Waals surface area (Å²) in [6, 6.07) is 1.78. The minimum atomic E-state index is -0.887. The molecular formula is C9H5BrF2N4OS. The molecule has 1 aromatic heterocycles. The maximum atomic E-state index is 13.4. The van der Waals surface area contributed by atoms with Crippen molar-refractivity contribution in [2.45, 2.75) is 0 Å². The van der Waals surface area contributed by atoms with E-state index < -0.39 is 17.5 Å². The summed E-state index contributed by atoms with van der Waals surface area (Å²) < 4.78 is 26.4. The molecule has 9 heteroatoms. The molecule has 0 radical (unpaired) electrons. The quantitative estimate of drug-likeness (QED) is 0.826. The van der Waals surface area contributed by atoms with E-state index in [0.717, 1.165) is 17.4 Å². The summed E-state index contributed by atoms with van der Waals surface area (Å²) in [7, 11) is 0. The fourth-order valence-electron chi connectivity index (χ4n) is 1.12. The Kier molecular flexibility index (Phi) is 3.53. The SMILES string of the molecule is Nc1nnc(C(=O)Nc2cc(Br)c(F)cc2F)s1. The summed E-state index contributed by atoms with van der Waals surface area (Å²) >= 11 is 3.76. The van der Waals surface area contributed by atoms with Crippen molar-refractivity contribution in [3.63, 3.8) is 0 Å². The summed E-state index contributed by atoms with van der Waals surface area (Å²) in [5.74, 6) is -2.31. The third-order valence-electron chi connectivity index (χ3n) is 1.89. The van der Waals surface area contributed by atoms with Crippen molar-refractivity contribution in [1.29, 1.82) is 0 Å². The molecule has 0 spiro atoms. The molecule has 0 unspecified atom stereocenters. The number of hydrogen-bond acceptors (Lipinski definition) is 5. The largest absolute Gasteiger partial charge is 0.374 e. The Hall–Kier alpha value is -1.61. The summed E-state index contributed by atoms with van der Waals surface area (Å²) in [4.78, 5) is 11.6. The number of nitrogens with one attached hydrogen (secondary N) is 1. The van der Waals surface area contributed by atoms with E-state index in [0.29, 0.717) is 6.07 Å². The molecular weight excluding hydrogens is 330 g/mol. The fourth-order valence-corrected chi connectivity index (χ4v) is 1.97. The maximum Gasteiger partial charge on any atom is 0.286 e. The van der Waals surface area contributed by atoms with Crippen LogP contribution in [0.3, 0.4) is 0 Å². The van der Waals surface area contributed by atoms with Gasteiger partial charge in [0.25, 0.3) is 5.91 Å².